The van der Waals surface area contributed by atoms with Crippen LogP contribution in [0.5, 0.6) is 0 Å². The van der Waals surface area contributed by atoms with Gasteiger partial charge in [0.05, 0.1) is 5.69 Å². The van der Waals surface area contributed by atoms with Crippen LogP contribution in [0.3, 0.4) is 0 Å². The summed E-state index contributed by atoms with van der Waals surface area (Å²) >= 11 is 0. The second-order valence-corrected chi connectivity index (χ2v) is 3.68. The number of hydrogen-bond donors (Lipinski definition) is 2. The highest BCUT2D eigenvalue weighted by Gasteiger charge is 2.16. The van der Waals surface area contributed by atoms with E-state index in [9.17, 15) is 14.0 Å². The summed E-state index contributed by atoms with van der Waals surface area (Å²) in [6.07, 6.45) is 1.30. The summed E-state index contributed by atoms with van der Waals surface area (Å²) in [6.45, 7) is 3.45. The minimum Gasteiger partial charge on any atom is -0.478 e. The van der Waals surface area contributed by atoms with Gasteiger partial charge in [-0.15, -0.1) is 0 Å². The van der Waals surface area contributed by atoms with Gasteiger partial charge in [-0.1, -0.05) is 11.6 Å². The summed E-state index contributed by atoms with van der Waals surface area (Å²) in [7, 11) is 0. The van der Waals surface area contributed by atoms with Gasteiger partial charge in [-0.3, -0.25) is 4.79 Å². The van der Waals surface area contributed by atoms with Gasteiger partial charge in [-0.2, -0.15) is 0 Å². The number of amides is 1. The topological polar surface area (TPSA) is 66.4 Å². The average Bonchev–Trinajstić information content (AvgIpc) is 2.15. The molecule has 0 saturated heterocycles. The van der Waals surface area contributed by atoms with Crippen LogP contribution in [0, 0.1) is 5.82 Å². The molecule has 0 saturated carbocycles. The van der Waals surface area contributed by atoms with E-state index < -0.39 is 23.3 Å². The van der Waals surface area contributed by atoms with E-state index in [1.807, 2.05) is 0 Å². The number of aromatic carboxylic acids is 1. The van der Waals surface area contributed by atoms with Gasteiger partial charge in [-0.25, -0.2) is 9.18 Å². The number of carbonyl (C=O) groups excluding carboxylic acids is 1. The smallest absolute Gasteiger partial charge is 0.340 e. The van der Waals surface area contributed by atoms with Crippen molar-refractivity contribution in [2.75, 3.05) is 5.32 Å². The maximum atomic E-state index is 13.3. The molecule has 4 nitrogen and oxygen atoms in total. The number of hydrogen-bond acceptors (Lipinski definition) is 2. The van der Waals surface area contributed by atoms with Crippen molar-refractivity contribution in [1.82, 2.24) is 0 Å². The molecule has 1 aromatic rings. The fourth-order valence-corrected chi connectivity index (χ4v) is 1.28. The zero-order valence-corrected chi connectivity index (χ0v) is 9.45. The number of nitrogens with one attached hydrogen (secondary N) is 1. The van der Waals surface area contributed by atoms with E-state index >= 15 is 0 Å². The molecule has 0 aromatic heterocycles. The molecule has 90 valence electrons. The van der Waals surface area contributed by atoms with Gasteiger partial charge in [0.1, 0.15) is 11.4 Å². The van der Waals surface area contributed by atoms with Crippen molar-refractivity contribution >= 4 is 17.6 Å². The molecule has 0 unspecified atom stereocenters. The highest BCUT2D eigenvalue weighted by atomic mass is 19.1. The Hall–Kier alpha value is -2.17. The number of halogens is 1. The van der Waals surface area contributed by atoms with Crippen molar-refractivity contribution in [1.29, 1.82) is 0 Å². The van der Waals surface area contributed by atoms with Crippen LogP contribution in [0.2, 0.25) is 0 Å². The molecule has 1 rings (SSSR count). The second kappa shape index (κ2) is 5.25. The molecule has 0 radical (unpaired) electrons. The van der Waals surface area contributed by atoms with Gasteiger partial charge in [0.25, 0.3) is 0 Å². The van der Waals surface area contributed by atoms with Crippen molar-refractivity contribution in [2.24, 2.45) is 0 Å². The maximum absolute atomic E-state index is 13.3. The highest BCUT2D eigenvalue weighted by molar-refractivity contribution is 6.04. The predicted octanol–water partition coefficient (Wildman–Crippen LogP) is 2.43. The molecule has 0 aliphatic carbocycles. The van der Waals surface area contributed by atoms with Crippen molar-refractivity contribution in [3.05, 3.63) is 41.2 Å². The van der Waals surface area contributed by atoms with Gasteiger partial charge >= 0.3 is 5.97 Å². The van der Waals surface area contributed by atoms with E-state index in [0.717, 1.165) is 11.6 Å². The summed E-state index contributed by atoms with van der Waals surface area (Å²) in [5.74, 6) is -2.79. The number of carboxylic acid groups (broad SMARTS) is 1. The van der Waals surface area contributed by atoms with Crippen LogP contribution in [0.15, 0.2) is 29.8 Å². The number of carboxylic acids is 1. The molecule has 17 heavy (non-hydrogen) atoms. The Morgan fingerprint density at radius 3 is 2.53 bits per heavy atom. The minimum atomic E-state index is -1.42. The molecular formula is C12H12FNO3. The van der Waals surface area contributed by atoms with Gasteiger partial charge in [-0.05, 0) is 26.0 Å². The Morgan fingerprint density at radius 2 is 2.00 bits per heavy atom. The van der Waals surface area contributed by atoms with Gasteiger partial charge in [0.15, 0.2) is 0 Å². The molecule has 0 fully saturated rings. The molecule has 0 bridgehead atoms. The van der Waals surface area contributed by atoms with Gasteiger partial charge in [0, 0.05) is 6.08 Å². The largest absolute Gasteiger partial charge is 0.478 e. The third-order valence-electron chi connectivity index (χ3n) is 1.91. The fraction of sp³-hybridized carbons (Fsp3) is 0.167. The minimum absolute atomic E-state index is 0.0556. The van der Waals surface area contributed by atoms with Crippen LogP contribution in [0.4, 0.5) is 10.1 Å². The zero-order chi connectivity index (χ0) is 13.0. The lowest BCUT2D eigenvalue weighted by Crippen LogP contribution is -2.13. The predicted molar refractivity (Wildman–Crippen MR) is 61.4 cm³/mol. The van der Waals surface area contributed by atoms with Crippen LogP contribution >= 0.6 is 0 Å². The molecule has 0 spiro atoms. The Morgan fingerprint density at radius 1 is 1.35 bits per heavy atom. The fourth-order valence-electron chi connectivity index (χ4n) is 1.28. The first-order chi connectivity index (χ1) is 7.91. The van der Waals surface area contributed by atoms with Crippen LogP contribution in [-0.4, -0.2) is 17.0 Å². The monoisotopic (exact) mass is 237 g/mol. The van der Waals surface area contributed by atoms with Crippen LogP contribution in [0.1, 0.15) is 24.2 Å². The Labute approximate surface area is 97.8 Å². The summed E-state index contributed by atoms with van der Waals surface area (Å²) in [4.78, 5) is 22.2. The lowest BCUT2D eigenvalue weighted by molar-refractivity contribution is -0.111. The molecule has 0 aliphatic heterocycles. The Bertz CT molecular complexity index is 491. The molecule has 0 heterocycles. The lowest BCUT2D eigenvalue weighted by Gasteiger charge is -2.07. The maximum Gasteiger partial charge on any atom is 0.340 e. The van der Waals surface area contributed by atoms with E-state index in [2.05, 4.69) is 5.32 Å². The Balaban J connectivity index is 3.07. The van der Waals surface area contributed by atoms with E-state index in [1.165, 1.54) is 18.2 Å². The number of allylic oxidation sites excluding steroid dienone is 1. The van der Waals surface area contributed by atoms with Crippen LogP contribution in [-0.2, 0) is 4.79 Å². The average molecular weight is 237 g/mol. The first-order valence-electron chi connectivity index (χ1n) is 4.89. The molecule has 2 N–H and O–H groups in total. The summed E-state index contributed by atoms with van der Waals surface area (Å²) < 4.78 is 13.3. The number of carbonyl (C=O) groups is 2. The van der Waals surface area contributed by atoms with Gasteiger partial charge < -0.3 is 10.4 Å². The highest BCUT2D eigenvalue weighted by Crippen LogP contribution is 2.19. The zero-order valence-electron chi connectivity index (χ0n) is 9.45. The SMILES string of the molecule is CC(C)=CC(=O)Nc1cccc(F)c1C(=O)O. The van der Waals surface area contributed by atoms with Crippen molar-refractivity contribution < 1.29 is 19.1 Å². The van der Waals surface area contributed by atoms with E-state index in [4.69, 9.17) is 5.11 Å². The molecule has 1 aromatic carbocycles. The molecule has 0 aliphatic rings. The number of anilines is 1. The molecule has 1 amide bonds. The van der Waals surface area contributed by atoms with E-state index in [0.29, 0.717) is 0 Å². The summed E-state index contributed by atoms with van der Waals surface area (Å²) in [5, 5.41) is 11.2. The number of benzene rings is 1. The third kappa shape index (κ3) is 3.41. The van der Waals surface area contributed by atoms with E-state index in [1.54, 1.807) is 13.8 Å². The summed E-state index contributed by atoms with van der Waals surface area (Å²) in [5.41, 5.74) is 0.166. The van der Waals surface area contributed by atoms with Crippen LogP contribution in [0.25, 0.3) is 0 Å². The van der Waals surface area contributed by atoms with Gasteiger partial charge in [0.2, 0.25) is 5.91 Å². The normalized spacial score (nSPS) is 9.59. The quantitative estimate of drug-likeness (QED) is 0.793. The molecule has 0 atom stereocenters. The third-order valence-corrected chi connectivity index (χ3v) is 1.91. The second-order valence-electron chi connectivity index (χ2n) is 3.68. The van der Waals surface area contributed by atoms with E-state index in [-0.39, 0.29) is 5.69 Å². The van der Waals surface area contributed by atoms with Crippen molar-refractivity contribution in [3.63, 3.8) is 0 Å². The number of rotatable bonds is 3. The Kier molecular flexibility index (Phi) is 3.98. The molecule has 5 heteroatoms. The lowest BCUT2D eigenvalue weighted by atomic mass is 10.1. The molecular weight excluding hydrogens is 225 g/mol. The summed E-state index contributed by atoms with van der Waals surface area (Å²) in [6, 6.07) is 3.70. The first kappa shape index (κ1) is 12.9. The van der Waals surface area contributed by atoms with Crippen molar-refractivity contribution in [3.8, 4) is 0 Å². The van der Waals surface area contributed by atoms with Crippen molar-refractivity contribution in [2.45, 2.75) is 13.8 Å². The first-order valence-corrected chi connectivity index (χ1v) is 4.89. The standard InChI is InChI=1S/C12H12FNO3/c1-7(2)6-10(15)14-9-5-3-4-8(13)11(9)12(16)17/h3-6H,1-2H3,(H,14,15)(H,16,17). The van der Waals surface area contributed by atoms with Crippen LogP contribution < -0.4 is 5.32 Å².